The first-order valence-electron chi connectivity index (χ1n) is 4.85. The molecule has 1 aliphatic carbocycles. The number of nitriles is 2. The molecule has 0 bridgehead atoms. The summed E-state index contributed by atoms with van der Waals surface area (Å²) in [5.41, 5.74) is 2.76. The number of ketones is 1. The van der Waals surface area contributed by atoms with Gasteiger partial charge in [0.1, 0.15) is 0 Å². The zero-order chi connectivity index (χ0) is 11.9. The number of nitrogens with zero attached hydrogens (tertiary/aromatic N) is 2. The zero-order valence-electron chi connectivity index (χ0n) is 9.29. The largest absolute Gasteiger partial charge is 0.306 e. The first kappa shape index (κ1) is 11.7. The van der Waals surface area contributed by atoms with Gasteiger partial charge in [-0.25, -0.2) is 0 Å². The Hall–Kier alpha value is -1.39. The van der Waals surface area contributed by atoms with Gasteiger partial charge in [0.2, 0.25) is 0 Å². The number of Topliss-reactive ketones (excluding diaryl/α,β-unsaturated/α-hetero) is 1. The highest BCUT2D eigenvalue weighted by Gasteiger charge is 2.58. The highest BCUT2D eigenvalue weighted by atomic mass is 16.1. The molecule has 0 saturated heterocycles. The van der Waals surface area contributed by atoms with Crippen LogP contribution in [0.1, 0.15) is 33.6 Å². The molecule has 4 heteroatoms. The van der Waals surface area contributed by atoms with Gasteiger partial charge >= 0.3 is 0 Å². The molecular formula is C11H15N3O. The summed E-state index contributed by atoms with van der Waals surface area (Å²) < 4.78 is 0. The van der Waals surface area contributed by atoms with Gasteiger partial charge in [0, 0.05) is 6.42 Å². The molecule has 2 N–H and O–H groups in total. The molecule has 80 valence electrons. The third kappa shape index (κ3) is 1.52. The molecule has 1 rings (SSSR count). The summed E-state index contributed by atoms with van der Waals surface area (Å²) >= 11 is 0. The summed E-state index contributed by atoms with van der Waals surface area (Å²) in [5, 5.41) is 18.1. The van der Waals surface area contributed by atoms with Gasteiger partial charge in [-0.15, -0.1) is 0 Å². The van der Waals surface area contributed by atoms with Crippen LogP contribution in [0.2, 0.25) is 0 Å². The Balaban J connectivity index is 3.29. The third-order valence-corrected chi connectivity index (χ3v) is 3.20. The Morgan fingerprint density at radius 2 is 1.80 bits per heavy atom. The van der Waals surface area contributed by atoms with E-state index in [4.69, 9.17) is 16.3 Å². The molecule has 1 aliphatic rings. The van der Waals surface area contributed by atoms with Gasteiger partial charge in [-0.3, -0.25) is 4.79 Å². The Bertz CT molecular complexity index is 388. The molecule has 0 heterocycles. The quantitative estimate of drug-likeness (QED) is 0.641. The van der Waals surface area contributed by atoms with E-state index >= 15 is 0 Å². The Labute approximate surface area is 89.7 Å². The van der Waals surface area contributed by atoms with Crippen LogP contribution in [0.25, 0.3) is 0 Å². The smallest absolute Gasteiger partial charge is 0.181 e. The first-order chi connectivity index (χ1) is 6.71. The van der Waals surface area contributed by atoms with Crippen molar-refractivity contribution in [1.29, 1.82) is 10.5 Å². The Morgan fingerprint density at radius 3 is 2.20 bits per heavy atom. The molecule has 15 heavy (non-hydrogen) atoms. The lowest BCUT2D eigenvalue weighted by atomic mass is 9.56. The molecule has 2 unspecified atom stereocenters. The van der Waals surface area contributed by atoms with E-state index in [9.17, 15) is 4.79 Å². The van der Waals surface area contributed by atoms with E-state index < -0.39 is 11.0 Å². The summed E-state index contributed by atoms with van der Waals surface area (Å²) in [5.74, 6) is -0.328. The number of hydrogen-bond donors (Lipinski definition) is 1. The molecule has 0 aliphatic heterocycles. The lowest BCUT2D eigenvalue weighted by Gasteiger charge is -2.45. The minimum absolute atomic E-state index is 0.258. The van der Waals surface area contributed by atoms with Gasteiger partial charge in [0.05, 0.1) is 17.6 Å². The molecule has 4 nitrogen and oxygen atoms in total. The number of nitrogens with two attached hydrogens (primary N) is 1. The predicted molar refractivity (Wildman–Crippen MR) is 54.3 cm³/mol. The second-order valence-electron chi connectivity index (χ2n) is 5.30. The fourth-order valence-electron chi connectivity index (χ4n) is 2.35. The number of rotatable bonds is 0. The fraction of sp³-hybridized carbons (Fsp3) is 0.727. The number of hydrogen-bond acceptors (Lipinski definition) is 4. The summed E-state index contributed by atoms with van der Waals surface area (Å²) in [6.45, 7) is 5.42. The standard InChI is InChI=1S/C11H15N3O/c1-9(2)4-8(15)11(14,7-13)10(3,5-9)6-12/h4-5,14H2,1-3H3. The molecule has 0 amide bonds. The van der Waals surface area contributed by atoms with Crippen LogP contribution in [0.4, 0.5) is 0 Å². The highest BCUT2D eigenvalue weighted by molar-refractivity contribution is 5.94. The van der Waals surface area contributed by atoms with Gasteiger partial charge in [0.25, 0.3) is 0 Å². The highest BCUT2D eigenvalue weighted by Crippen LogP contribution is 2.48. The van der Waals surface area contributed by atoms with Gasteiger partial charge in [-0.2, -0.15) is 10.5 Å². The summed E-state index contributed by atoms with van der Waals surface area (Å²) in [7, 11) is 0. The number of carbonyl (C=O) groups is 1. The lowest BCUT2D eigenvalue weighted by molar-refractivity contribution is -0.131. The van der Waals surface area contributed by atoms with E-state index in [1.54, 1.807) is 6.92 Å². The van der Waals surface area contributed by atoms with E-state index in [0.717, 1.165) is 0 Å². The third-order valence-electron chi connectivity index (χ3n) is 3.20. The van der Waals surface area contributed by atoms with Crippen molar-refractivity contribution in [1.82, 2.24) is 0 Å². The van der Waals surface area contributed by atoms with Crippen LogP contribution < -0.4 is 5.73 Å². The van der Waals surface area contributed by atoms with Gasteiger partial charge in [-0.05, 0) is 18.8 Å². The van der Waals surface area contributed by atoms with Crippen LogP contribution in [-0.2, 0) is 4.79 Å². The van der Waals surface area contributed by atoms with E-state index in [1.807, 2.05) is 26.0 Å². The normalized spacial score (nSPS) is 39.2. The van der Waals surface area contributed by atoms with Crippen LogP contribution in [-0.4, -0.2) is 11.3 Å². The molecule has 0 radical (unpaired) electrons. The van der Waals surface area contributed by atoms with E-state index in [1.165, 1.54) is 0 Å². The van der Waals surface area contributed by atoms with Gasteiger partial charge in [0.15, 0.2) is 11.3 Å². The average molecular weight is 205 g/mol. The monoisotopic (exact) mass is 205 g/mol. The maximum Gasteiger partial charge on any atom is 0.181 e. The maximum absolute atomic E-state index is 11.8. The van der Waals surface area contributed by atoms with Crippen molar-refractivity contribution < 1.29 is 4.79 Å². The van der Waals surface area contributed by atoms with Crippen molar-refractivity contribution in [3.05, 3.63) is 0 Å². The van der Waals surface area contributed by atoms with E-state index in [2.05, 4.69) is 0 Å². The van der Waals surface area contributed by atoms with Crippen molar-refractivity contribution in [3.63, 3.8) is 0 Å². The molecule has 0 spiro atoms. The molecular weight excluding hydrogens is 190 g/mol. The van der Waals surface area contributed by atoms with E-state index in [0.29, 0.717) is 6.42 Å². The fourth-order valence-corrected chi connectivity index (χ4v) is 2.35. The van der Waals surface area contributed by atoms with Crippen molar-refractivity contribution in [3.8, 4) is 12.1 Å². The number of carbonyl (C=O) groups excluding carboxylic acids is 1. The average Bonchev–Trinajstić information content (AvgIpc) is 2.12. The first-order valence-corrected chi connectivity index (χ1v) is 4.85. The van der Waals surface area contributed by atoms with Crippen LogP contribution >= 0.6 is 0 Å². The molecule has 0 aromatic rings. The minimum atomic E-state index is -1.66. The molecule has 1 saturated carbocycles. The summed E-state index contributed by atoms with van der Waals surface area (Å²) in [6.07, 6.45) is 0.723. The second kappa shape index (κ2) is 3.05. The van der Waals surface area contributed by atoms with Crippen LogP contribution in [0.5, 0.6) is 0 Å². The maximum atomic E-state index is 11.8. The molecule has 1 fully saturated rings. The summed E-state index contributed by atoms with van der Waals surface area (Å²) in [6, 6.07) is 3.85. The predicted octanol–water partition coefficient (Wildman–Crippen LogP) is 1.13. The molecule has 0 aromatic carbocycles. The molecule has 0 aromatic heterocycles. The van der Waals surface area contributed by atoms with Crippen molar-refractivity contribution in [2.24, 2.45) is 16.6 Å². The van der Waals surface area contributed by atoms with E-state index in [-0.39, 0.29) is 17.6 Å². The van der Waals surface area contributed by atoms with Crippen molar-refractivity contribution in [2.45, 2.75) is 39.2 Å². The summed E-state index contributed by atoms with van der Waals surface area (Å²) in [4.78, 5) is 11.8. The van der Waals surface area contributed by atoms with Gasteiger partial charge < -0.3 is 5.73 Å². The van der Waals surface area contributed by atoms with Crippen molar-refractivity contribution in [2.75, 3.05) is 0 Å². The van der Waals surface area contributed by atoms with Crippen LogP contribution in [0.15, 0.2) is 0 Å². The minimum Gasteiger partial charge on any atom is -0.306 e. The topological polar surface area (TPSA) is 90.7 Å². The lowest BCUT2D eigenvalue weighted by Crippen LogP contribution is -2.63. The van der Waals surface area contributed by atoms with Crippen LogP contribution in [0.3, 0.4) is 0 Å². The molecule has 2 atom stereocenters. The zero-order valence-corrected chi connectivity index (χ0v) is 9.29. The Kier molecular flexibility index (Phi) is 2.38. The second-order valence-corrected chi connectivity index (χ2v) is 5.30. The van der Waals surface area contributed by atoms with Crippen molar-refractivity contribution >= 4 is 5.78 Å². The SMILES string of the molecule is CC1(C)CC(=O)C(N)(C#N)C(C)(C#N)C1. The Morgan fingerprint density at radius 1 is 1.27 bits per heavy atom. The van der Waals surface area contributed by atoms with Gasteiger partial charge in [-0.1, -0.05) is 13.8 Å². The van der Waals surface area contributed by atoms with Crippen LogP contribution in [0, 0.1) is 33.5 Å².